The van der Waals surface area contributed by atoms with E-state index >= 15 is 0 Å². The molecule has 0 bridgehead atoms. The van der Waals surface area contributed by atoms with Gasteiger partial charge in [-0.05, 0) is 11.6 Å². The van der Waals surface area contributed by atoms with E-state index in [1.165, 1.54) is 0 Å². The second-order valence-corrected chi connectivity index (χ2v) is 2.74. The molecule has 0 fully saturated rings. The summed E-state index contributed by atoms with van der Waals surface area (Å²) in [6, 6.07) is -0.000625. The molecule has 10 heteroatoms. The Morgan fingerprint density at radius 3 is 2.06 bits per heavy atom. The smallest absolute Gasteiger partial charge is 0.388 e. The molecule has 0 radical (unpaired) electrons. The Labute approximate surface area is 89.0 Å². The summed E-state index contributed by atoms with van der Waals surface area (Å²) in [7, 11) is 0. The molecule has 0 aliphatic heterocycles. The molecular weight excluding hydrogens is 266 g/mol. The van der Waals surface area contributed by atoms with Crippen LogP contribution in [0, 0.1) is 0 Å². The minimum atomic E-state index is -5.15. The van der Waals surface area contributed by atoms with Crippen LogP contribution in [0.4, 0.5) is 26.3 Å². The van der Waals surface area contributed by atoms with E-state index < -0.39 is 29.4 Å². The van der Waals surface area contributed by atoms with E-state index in [1.54, 1.807) is 0 Å². The molecule has 1 heterocycles. The SMILES string of the molecule is FC(F)(F)Oc1cc(C(F)(F)F)nc(Cl)n1. The van der Waals surface area contributed by atoms with Crippen molar-refractivity contribution in [3.63, 3.8) is 0 Å². The molecule has 3 nitrogen and oxygen atoms in total. The van der Waals surface area contributed by atoms with Crippen molar-refractivity contribution in [3.05, 3.63) is 17.0 Å². The van der Waals surface area contributed by atoms with Gasteiger partial charge in [0.1, 0.15) is 0 Å². The van der Waals surface area contributed by atoms with Crippen LogP contribution in [0.25, 0.3) is 0 Å². The highest BCUT2D eigenvalue weighted by molar-refractivity contribution is 6.28. The van der Waals surface area contributed by atoms with Gasteiger partial charge < -0.3 is 4.74 Å². The summed E-state index contributed by atoms with van der Waals surface area (Å²) in [5.74, 6) is -1.32. The average molecular weight is 267 g/mol. The number of rotatable bonds is 1. The number of alkyl halides is 6. The monoisotopic (exact) mass is 266 g/mol. The number of hydrogen-bond donors (Lipinski definition) is 0. The molecule has 90 valence electrons. The third-order valence-corrected chi connectivity index (χ3v) is 1.36. The molecule has 0 amide bonds. The zero-order valence-corrected chi connectivity index (χ0v) is 7.78. The van der Waals surface area contributed by atoms with E-state index in [0.29, 0.717) is 0 Å². The zero-order chi connectivity index (χ0) is 12.6. The van der Waals surface area contributed by atoms with Gasteiger partial charge in [0.2, 0.25) is 11.2 Å². The first-order valence-electron chi connectivity index (χ1n) is 3.45. The van der Waals surface area contributed by atoms with Crippen LogP contribution in [0.5, 0.6) is 5.88 Å². The molecule has 16 heavy (non-hydrogen) atoms. The lowest BCUT2D eigenvalue weighted by Gasteiger charge is -2.10. The van der Waals surface area contributed by atoms with Gasteiger partial charge in [-0.15, -0.1) is 13.2 Å². The van der Waals surface area contributed by atoms with Crippen LogP contribution in [0.1, 0.15) is 5.69 Å². The first-order chi connectivity index (χ1) is 7.08. The lowest BCUT2D eigenvalue weighted by Crippen LogP contribution is -2.19. The second-order valence-electron chi connectivity index (χ2n) is 2.41. The van der Waals surface area contributed by atoms with Gasteiger partial charge in [-0.1, -0.05) is 0 Å². The maximum Gasteiger partial charge on any atom is 0.574 e. The average Bonchev–Trinajstić information content (AvgIpc) is 1.97. The zero-order valence-electron chi connectivity index (χ0n) is 7.03. The minimum absolute atomic E-state index is 0.000625. The maximum absolute atomic E-state index is 12.1. The first-order valence-corrected chi connectivity index (χ1v) is 3.83. The van der Waals surface area contributed by atoms with E-state index in [0.717, 1.165) is 0 Å². The molecule has 0 N–H and O–H groups in total. The molecule has 0 spiro atoms. The van der Waals surface area contributed by atoms with Gasteiger partial charge in [0.05, 0.1) is 0 Å². The summed E-state index contributed by atoms with van der Waals surface area (Å²) < 4.78 is 74.6. The Bertz CT molecular complexity index is 390. The molecule has 0 aromatic carbocycles. The Balaban J connectivity index is 3.09. The molecule has 0 unspecified atom stereocenters. The molecule has 0 saturated carbocycles. The van der Waals surface area contributed by atoms with Crippen LogP contribution in [0.3, 0.4) is 0 Å². The van der Waals surface area contributed by atoms with Crippen molar-refractivity contribution in [2.75, 3.05) is 0 Å². The van der Waals surface area contributed by atoms with Crippen molar-refractivity contribution in [2.24, 2.45) is 0 Å². The van der Waals surface area contributed by atoms with Crippen molar-refractivity contribution < 1.29 is 31.1 Å². The minimum Gasteiger partial charge on any atom is -0.388 e. The standard InChI is InChI=1S/C6HClF6N2O/c7-4-14-2(5(8,9)10)1-3(15-4)16-6(11,12)13/h1H. The number of halogens is 7. The van der Waals surface area contributed by atoms with E-state index in [9.17, 15) is 26.3 Å². The molecule has 1 rings (SSSR count). The topological polar surface area (TPSA) is 35.0 Å². The van der Waals surface area contributed by atoms with Crippen molar-refractivity contribution in [3.8, 4) is 5.88 Å². The lowest BCUT2D eigenvalue weighted by molar-refractivity contribution is -0.276. The van der Waals surface area contributed by atoms with E-state index in [-0.39, 0.29) is 6.07 Å². The Kier molecular flexibility index (Phi) is 3.17. The van der Waals surface area contributed by atoms with E-state index in [2.05, 4.69) is 14.7 Å². The first kappa shape index (κ1) is 12.8. The normalized spacial score (nSPS) is 12.7. The maximum atomic E-state index is 12.1. The highest BCUT2D eigenvalue weighted by atomic mass is 35.5. The highest BCUT2D eigenvalue weighted by Crippen LogP contribution is 2.31. The van der Waals surface area contributed by atoms with Gasteiger partial charge in [-0.25, -0.2) is 4.98 Å². The highest BCUT2D eigenvalue weighted by Gasteiger charge is 2.36. The molecular formula is C6HClF6N2O. The van der Waals surface area contributed by atoms with Gasteiger partial charge >= 0.3 is 12.5 Å². The van der Waals surface area contributed by atoms with Gasteiger partial charge in [0, 0.05) is 6.07 Å². The Morgan fingerprint density at radius 2 is 1.62 bits per heavy atom. The lowest BCUT2D eigenvalue weighted by atomic mass is 10.4. The number of ether oxygens (including phenoxy) is 1. The van der Waals surface area contributed by atoms with Gasteiger partial charge in [0.25, 0.3) is 0 Å². The quantitative estimate of drug-likeness (QED) is 0.579. The van der Waals surface area contributed by atoms with Crippen molar-refractivity contribution in [1.29, 1.82) is 0 Å². The second kappa shape index (κ2) is 3.96. The fourth-order valence-corrected chi connectivity index (χ4v) is 0.887. The van der Waals surface area contributed by atoms with Crippen molar-refractivity contribution >= 4 is 11.6 Å². The fraction of sp³-hybridized carbons (Fsp3) is 0.333. The van der Waals surface area contributed by atoms with Gasteiger partial charge in [-0.2, -0.15) is 18.2 Å². The summed E-state index contributed by atoms with van der Waals surface area (Å²) in [5, 5.41) is -0.992. The van der Waals surface area contributed by atoms with Crippen molar-refractivity contribution in [2.45, 2.75) is 12.5 Å². The van der Waals surface area contributed by atoms with Crippen LogP contribution in [-0.4, -0.2) is 16.3 Å². The summed E-state index contributed by atoms with van der Waals surface area (Å²) >= 11 is 5.02. The third-order valence-electron chi connectivity index (χ3n) is 1.19. The third kappa shape index (κ3) is 3.72. The number of aromatic nitrogens is 2. The summed E-state index contributed by atoms with van der Waals surface area (Å²) in [4.78, 5) is 5.56. The number of hydrogen-bond acceptors (Lipinski definition) is 3. The van der Waals surface area contributed by atoms with Gasteiger partial charge in [0.15, 0.2) is 5.69 Å². The summed E-state index contributed by atoms with van der Waals surface area (Å²) in [5.41, 5.74) is -1.62. The van der Waals surface area contributed by atoms with Crippen LogP contribution in [0.15, 0.2) is 6.07 Å². The van der Waals surface area contributed by atoms with Crippen LogP contribution in [0.2, 0.25) is 5.28 Å². The molecule has 0 atom stereocenters. The largest absolute Gasteiger partial charge is 0.574 e. The Hall–Kier alpha value is -1.25. The molecule has 1 aromatic heterocycles. The fourth-order valence-electron chi connectivity index (χ4n) is 0.713. The van der Waals surface area contributed by atoms with Crippen LogP contribution >= 0.6 is 11.6 Å². The molecule has 0 aliphatic rings. The van der Waals surface area contributed by atoms with Crippen LogP contribution in [-0.2, 0) is 6.18 Å². The molecule has 0 aliphatic carbocycles. The van der Waals surface area contributed by atoms with E-state index in [4.69, 9.17) is 11.6 Å². The van der Waals surface area contributed by atoms with Crippen LogP contribution < -0.4 is 4.74 Å². The summed E-state index contributed by atoms with van der Waals surface area (Å²) in [6.07, 6.45) is -10.1. The van der Waals surface area contributed by atoms with Gasteiger partial charge in [-0.3, -0.25) is 0 Å². The van der Waals surface area contributed by atoms with Crippen molar-refractivity contribution in [1.82, 2.24) is 9.97 Å². The Morgan fingerprint density at radius 1 is 1.06 bits per heavy atom. The summed E-state index contributed by atoms with van der Waals surface area (Å²) in [6.45, 7) is 0. The van der Waals surface area contributed by atoms with E-state index in [1.807, 2.05) is 0 Å². The molecule has 1 aromatic rings. The predicted molar refractivity (Wildman–Crippen MR) is 38.7 cm³/mol. The predicted octanol–water partition coefficient (Wildman–Crippen LogP) is 3.05. The molecule has 0 saturated heterocycles. The number of nitrogens with zero attached hydrogens (tertiary/aromatic N) is 2.